The molecule has 0 aliphatic heterocycles. The summed E-state index contributed by atoms with van der Waals surface area (Å²) in [6.45, 7) is 0. The van der Waals surface area contributed by atoms with Crippen LogP contribution >= 0.6 is 0 Å². The predicted molar refractivity (Wildman–Crippen MR) is 44.5 cm³/mol. The van der Waals surface area contributed by atoms with E-state index in [2.05, 4.69) is 0 Å². The molecule has 8 nitrogen and oxygen atoms in total. The van der Waals surface area contributed by atoms with Crippen LogP contribution in [-0.4, -0.2) is 98.4 Å². The van der Waals surface area contributed by atoms with Crippen LogP contribution in [0.3, 0.4) is 0 Å². The quantitative estimate of drug-likeness (QED) is 0.183. The average molecular weight is 245 g/mol. The minimum atomic E-state index is -4.67. The van der Waals surface area contributed by atoms with Crippen molar-refractivity contribution in [2.75, 3.05) is 0 Å². The third kappa shape index (κ3) is 466. The van der Waals surface area contributed by atoms with Crippen molar-refractivity contribution >= 4 is 72.1 Å². The SMILES string of the molecule is O=S(=O)(O)O.O[Si](O)(O)O.[MgH2].[NaH]. The maximum atomic E-state index is 8.74. The summed E-state index contributed by atoms with van der Waals surface area (Å²) in [4.78, 5) is 29.3. The van der Waals surface area contributed by atoms with E-state index in [-0.39, 0.29) is 52.6 Å². The zero-order valence-electron chi connectivity index (χ0n) is 4.41. The van der Waals surface area contributed by atoms with E-state index in [0.717, 1.165) is 0 Å². The Kier molecular flexibility index (Phi) is 18.1. The van der Waals surface area contributed by atoms with Gasteiger partial charge in [0.15, 0.2) is 0 Å². The van der Waals surface area contributed by atoms with E-state index in [4.69, 9.17) is 36.7 Å². The minimum absolute atomic E-state index is 0. The second-order valence-electron chi connectivity index (χ2n) is 1.05. The average Bonchev–Trinajstić information content (AvgIpc) is 1.12. The van der Waals surface area contributed by atoms with Gasteiger partial charge in [0.25, 0.3) is 0 Å². The Morgan fingerprint density at radius 3 is 0.917 bits per heavy atom. The van der Waals surface area contributed by atoms with Crippen LogP contribution in [0, 0.1) is 0 Å². The van der Waals surface area contributed by atoms with Crippen molar-refractivity contribution in [1.82, 2.24) is 0 Å². The normalized spacial score (nSPS) is 9.83. The Morgan fingerprint density at radius 2 is 0.917 bits per heavy atom. The Bertz CT molecular complexity index is 154. The third-order valence-corrected chi connectivity index (χ3v) is 0. The first-order valence-electron chi connectivity index (χ1n) is 1.59. The molecule has 0 rings (SSSR count). The molecule has 0 fully saturated rings. The summed E-state index contributed by atoms with van der Waals surface area (Å²) in [7, 11) is -9.28. The fraction of sp³-hybridized carbons (Fsp3) is 0. The number of hydrogen-bond donors (Lipinski definition) is 6. The van der Waals surface area contributed by atoms with Crippen molar-refractivity contribution < 1.29 is 36.7 Å². The van der Waals surface area contributed by atoms with E-state index in [0.29, 0.717) is 0 Å². The fourth-order valence-corrected chi connectivity index (χ4v) is 0. The summed E-state index contributed by atoms with van der Waals surface area (Å²) in [6, 6.07) is 0. The van der Waals surface area contributed by atoms with Crippen LogP contribution in [0.15, 0.2) is 0 Å². The van der Waals surface area contributed by atoms with Gasteiger partial charge in [-0.15, -0.1) is 0 Å². The van der Waals surface area contributed by atoms with Gasteiger partial charge < -0.3 is 19.2 Å². The van der Waals surface area contributed by atoms with Gasteiger partial charge in [-0.25, -0.2) is 0 Å². The van der Waals surface area contributed by atoms with Crippen LogP contribution in [0.4, 0.5) is 0 Å². The molecule has 0 heterocycles. The van der Waals surface area contributed by atoms with Crippen molar-refractivity contribution in [3.05, 3.63) is 0 Å². The van der Waals surface area contributed by atoms with Gasteiger partial charge in [0.05, 0.1) is 0 Å². The number of hydrogen-bond acceptors (Lipinski definition) is 6. The molecule has 12 heteroatoms. The Hall–Kier alpha value is 1.69. The van der Waals surface area contributed by atoms with Gasteiger partial charge >= 0.3 is 72.1 Å². The second kappa shape index (κ2) is 9.26. The van der Waals surface area contributed by atoms with E-state index in [9.17, 15) is 0 Å². The molecule has 0 amide bonds. The maximum absolute atomic E-state index is 8.74. The Balaban J connectivity index is -0.0000000457. The summed E-state index contributed by atoms with van der Waals surface area (Å²) in [5.41, 5.74) is 0. The van der Waals surface area contributed by atoms with Gasteiger partial charge in [0.1, 0.15) is 0 Å². The Labute approximate surface area is 108 Å². The molecule has 0 aromatic carbocycles. The topological polar surface area (TPSA) is 156 Å². The van der Waals surface area contributed by atoms with E-state index in [1.54, 1.807) is 0 Å². The molecule has 0 atom stereocenters. The van der Waals surface area contributed by atoms with Crippen molar-refractivity contribution in [3.63, 3.8) is 0 Å². The van der Waals surface area contributed by atoms with Gasteiger partial charge in [-0.3, -0.25) is 9.11 Å². The van der Waals surface area contributed by atoms with Crippen LogP contribution < -0.4 is 0 Å². The summed E-state index contributed by atoms with van der Waals surface area (Å²) in [5.74, 6) is 0. The predicted octanol–water partition coefficient (Wildman–Crippen LogP) is -4.83. The van der Waals surface area contributed by atoms with E-state index in [1.165, 1.54) is 0 Å². The van der Waals surface area contributed by atoms with Gasteiger partial charge in [0.2, 0.25) is 0 Å². The van der Waals surface area contributed by atoms with Gasteiger partial charge in [-0.2, -0.15) is 8.42 Å². The molecule has 0 aromatic heterocycles. The van der Waals surface area contributed by atoms with Crippen LogP contribution in [0.5, 0.6) is 0 Å². The standard InChI is InChI=1S/Mg.Na.H2O4S.H4O4Si.3H/c;;2*1-5(2,3)4;;;/h;;(H2,1,2,3,4);1-4H;;;. The molecule has 0 saturated carbocycles. The van der Waals surface area contributed by atoms with E-state index >= 15 is 0 Å². The molecule has 0 aliphatic carbocycles. The summed E-state index contributed by atoms with van der Waals surface area (Å²) in [6.07, 6.45) is 0. The first-order valence-corrected chi connectivity index (χ1v) is 4.78. The molecule has 6 N–H and O–H groups in total. The molecule has 12 heavy (non-hydrogen) atoms. The van der Waals surface area contributed by atoms with Crippen LogP contribution in [0.2, 0.25) is 0 Å². The summed E-state index contributed by atoms with van der Waals surface area (Å²) in [5, 5.41) is 0. The Morgan fingerprint density at radius 1 is 0.917 bits per heavy atom. The van der Waals surface area contributed by atoms with Gasteiger partial charge in [-0.1, -0.05) is 0 Å². The summed E-state index contributed by atoms with van der Waals surface area (Å²) >= 11 is 0. The van der Waals surface area contributed by atoms with Crippen LogP contribution in [0.1, 0.15) is 0 Å². The van der Waals surface area contributed by atoms with Crippen molar-refractivity contribution in [2.24, 2.45) is 0 Å². The molecular weight excluding hydrogens is 235 g/mol. The molecule has 0 aromatic rings. The van der Waals surface area contributed by atoms with Crippen molar-refractivity contribution in [3.8, 4) is 0 Å². The van der Waals surface area contributed by atoms with Gasteiger partial charge in [0, 0.05) is 0 Å². The first kappa shape index (κ1) is 23.5. The van der Waals surface area contributed by atoms with Crippen LogP contribution in [-0.2, 0) is 10.4 Å². The van der Waals surface area contributed by atoms with Gasteiger partial charge in [-0.05, 0) is 0 Å². The molecule has 0 spiro atoms. The zero-order chi connectivity index (χ0) is 9.00. The molecule has 0 bridgehead atoms. The zero-order valence-corrected chi connectivity index (χ0v) is 6.22. The molecule has 0 unspecified atom stereocenters. The number of rotatable bonds is 0. The fourth-order valence-electron chi connectivity index (χ4n) is 0. The van der Waals surface area contributed by atoms with Crippen molar-refractivity contribution in [2.45, 2.75) is 0 Å². The van der Waals surface area contributed by atoms with Crippen LogP contribution in [0.25, 0.3) is 0 Å². The first-order chi connectivity index (χ1) is 4.00. The molecule has 0 radical (unpaired) electrons. The molecule has 0 aliphatic rings. The molecule has 70 valence electrons. The molecular formula is H9MgNaO8SSi. The third-order valence-electron chi connectivity index (χ3n) is 0. The summed E-state index contributed by atoms with van der Waals surface area (Å²) < 4.78 is 31.6. The van der Waals surface area contributed by atoms with E-state index < -0.39 is 19.4 Å². The van der Waals surface area contributed by atoms with E-state index in [1.807, 2.05) is 0 Å². The van der Waals surface area contributed by atoms with Crippen molar-refractivity contribution in [1.29, 1.82) is 0 Å². The second-order valence-corrected chi connectivity index (χ2v) is 3.14. The monoisotopic (exact) mass is 244 g/mol. The molecule has 0 saturated heterocycles.